The molecule has 9 nitrogen and oxygen atoms in total. The molecule has 0 aliphatic heterocycles. The van der Waals surface area contributed by atoms with Gasteiger partial charge >= 0.3 is 19.8 Å². The van der Waals surface area contributed by atoms with Crippen LogP contribution in [0.5, 0.6) is 0 Å². The van der Waals surface area contributed by atoms with Crippen LogP contribution in [0.4, 0.5) is 0 Å². The summed E-state index contributed by atoms with van der Waals surface area (Å²) in [5.74, 6) is -0.815. The Kier molecular flexibility index (Phi) is 52.6. The molecular weight excluding hydrogens is 858 g/mol. The fourth-order valence-electron chi connectivity index (χ4n) is 8.51. The van der Waals surface area contributed by atoms with Gasteiger partial charge in [-0.2, -0.15) is 0 Å². The van der Waals surface area contributed by atoms with Gasteiger partial charge < -0.3 is 20.1 Å². The van der Waals surface area contributed by atoms with Crippen molar-refractivity contribution in [3.05, 3.63) is 24.3 Å². The van der Waals surface area contributed by atoms with Gasteiger partial charge in [0.2, 0.25) is 0 Å². The van der Waals surface area contributed by atoms with Crippen LogP contribution in [-0.2, 0) is 32.7 Å². The van der Waals surface area contributed by atoms with E-state index in [-0.39, 0.29) is 38.6 Å². The van der Waals surface area contributed by atoms with Crippen molar-refractivity contribution >= 4 is 19.8 Å². The van der Waals surface area contributed by atoms with E-state index < -0.39 is 26.5 Å². The second-order valence-corrected chi connectivity index (χ2v) is 21.0. The van der Waals surface area contributed by atoms with Gasteiger partial charge in [-0.1, -0.05) is 244 Å². The minimum atomic E-state index is -4.38. The third-order valence-electron chi connectivity index (χ3n) is 12.8. The van der Waals surface area contributed by atoms with Crippen molar-refractivity contribution in [1.82, 2.24) is 0 Å². The molecule has 0 spiro atoms. The second kappa shape index (κ2) is 53.8. The van der Waals surface area contributed by atoms with Gasteiger partial charge in [-0.15, -0.1) is 0 Å². The van der Waals surface area contributed by atoms with E-state index in [9.17, 15) is 19.0 Å². The Morgan fingerprint density at radius 1 is 0.433 bits per heavy atom. The molecule has 0 saturated carbocycles. The van der Waals surface area contributed by atoms with Crippen LogP contribution >= 0.6 is 7.82 Å². The van der Waals surface area contributed by atoms with Crippen LogP contribution < -0.4 is 5.73 Å². The Hall–Kier alpha value is -1.51. The Balaban J connectivity index is 3.93. The fraction of sp³-hybridized carbons (Fsp3) is 0.895. The molecule has 2 unspecified atom stereocenters. The standard InChI is InChI=1S/C57H110NO8P/c1-3-5-7-9-11-13-15-17-19-21-23-24-25-26-27-28-29-30-32-34-36-38-40-42-44-46-48-50-57(60)66-55(54-65-67(61,62)64-52-51-58)53-63-56(59)49-47-45-43-41-39-37-35-33-31-22-20-18-16-14-12-10-8-6-4-2/h18,20-21,23,55H,3-17,19,22,24-54,58H2,1-2H3,(H,61,62)/b20-18-,23-21-. The molecule has 0 bridgehead atoms. The fourth-order valence-corrected chi connectivity index (χ4v) is 9.28. The molecule has 2 atom stereocenters. The van der Waals surface area contributed by atoms with Crippen molar-refractivity contribution in [3.63, 3.8) is 0 Å². The highest BCUT2D eigenvalue weighted by Gasteiger charge is 2.26. The maximum atomic E-state index is 12.7. The number of carbonyl (C=O) groups is 2. The zero-order valence-electron chi connectivity index (χ0n) is 44.2. The molecule has 10 heteroatoms. The summed E-state index contributed by atoms with van der Waals surface area (Å²) in [6.45, 7) is 3.79. The van der Waals surface area contributed by atoms with E-state index in [0.717, 1.165) is 32.1 Å². The number of unbranched alkanes of at least 4 members (excludes halogenated alkanes) is 38. The Morgan fingerprint density at radius 2 is 0.731 bits per heavy atom. The molecule has 3 N–H and O–H groups in total. The second-order valence-electron chi connectivity index (χ2n) is 19.5. The van der Waals surface area contributed by atoms with Gasteiger partial charge in [0.05, 0.1) is 13.2 Å². The van der Waals surface area contributed by atoms with E-state index >= 15 is 0 Å². The Labute approximate surface area is 414 Å². The highest BCUT2D eigenvalue weighted by molar-refractivity contribution is 7.47. The van der Waals surface area contributed by atoms with Gasteiger partial charge in [0.15, 0.2) is 6.10 Å². The first-order chi connectivity index (χ1) is 32.8. The van der Waals surface area contributed by atoms with E-state index in [4.69, 9.17) is 24.3 Å². The van der Waals surface area contributed by atoms with E-state index in [2.05, 4.69) is 38.2 Å². The smallest absolute Gasteiger partial charge is 0.462 e. The van der Waals surface area contributed by atoms with Crippen molar-refractivity contribution in [2.75, 3.05) is 26.4 Å². The topological polar surface area (TPSA) is 134 Å². The molecule has 0 aromatic carbocycles. The maximum absolute atomic E-state index is 12.7. The van der Waals surface area contributed by atoms with Gasteiger partial charge in [0, 0.05) is 19.4 Å². The molecule has 0 heterocycles. The van der Waals surface area contributed by atoms with Crippen molar-refractivity contribution < 1.29 is 37.6 Å². The third kappa shape index (κ3) is 53.7. The number of hydrogen-bond donors (Lipinski definition) is 2. The summed E-state index contributed by atoms with van der Waals surface area (Å²) in [6, 6.07) is 0. The number of ether oxygens (including phenoxy) is 2. The molecule has 0 amide bonds. The van der Waals surface area contributed by atoms with Gasteiger partial charge in [0.25, 0.3) is 0 Å². The number of nitrogens with two attached hydrogens (primary N) is 1. The molecule has 0 aromatic heterocycles. The monoisotopic (exact) mass is 968 g/mol. The first-order valence-corrected chi connectivity index (χ1v) is 30.3. The molecule has 0 aromatic rings. The van der Waals surface area contributed by atoms with Crippen molar-refractivity contribution in [1.29, 1.82) is 0 Å². The molecule has 0 rings (SSSR count). The largest absolute Gasteiger partial charge is 0.472 e. The molecule has 0 fully saturated rings. The summed E-state index contributed by atoms with van der Waals surface area (Å²) >= 11 is 0. The summed E-state index contributed by atoms with van der Waals surface area (Å²) in [7, 11) is -4.38. The lowest BCUT2D eigenvalue weighted by molar-refractivity contribution is -0.161. The van der Waals surface area contributed by atoms with Crippen molar-refractivity contribution in [2.45, 2.75) is 302 Å². The minimum Gasteiger partial charge on any atom is -0.462 e. The highest BCUT2D eigenvalue weighted by Crippen LogP contribution is 2.43. The van der Waals surface area contributed by atoms with Gasteiger partial charge in [0.1, 0.15) is 6.61 Å². The van der Waals surface area contributed by atoms with Crippen LogP contribution in [-0.4, -0.2) is 49.3 Å². The molecule has 396 valence electrons. The van der Waals surface area contributed by atoms with Crippen LogP contribution in [0.2, 0.25) is 0 Å². The number of esters is 2. The van der Waals surface area contributed by atoms with Gasteiger partial charge in [-0.25, -0.2) is 4.57 Å². The number of carbonyl (C=O) groups excluding carboxylic acids is 2. The number of hydrogen-bond acceptors (Lipinski definition) is 8. The average molecular weight is 968 g/mol. The number of rotatable bonds is 55. The molecule has 67 heavy (non-hydrogen) atoms. The van der Waals surface area contributed by atoms with E-state index in [1.165, 1.54) is 231 Å². The number of phosphoric acid groups is 1. The summed E-state index contributed by atoms with van der Waals surface area (Å²) in [5, 5.41) is 0. The predicted molar refractivity (Wildman–Crippen MR) is 284 cm³/mol. The number of phosphoric ester groups is 1. The minimum absolute atomic E-state index is 0.0553. The zero-order chi connectivity index (χ0) is 48.8. The Bertz CT molecular complexity index is 1150. The van der Waals surface area contributed by atoms with Gasteiger partial charge in [-0.05, 0) is 64.2 Å². The lowest BCUT2D eigenvalue weighted by Gasteiger charge is -2.19. The van der Waals surface area contributed by atoms with E-state index in [0.29, 0.717) is 6.42 Å². The van der Waals surface area contributed by atoms with Crippen LogP contribution in [0.15, 0.2) is 24.3 Å². The first-order valence-electron chi connectivity index (χ1n) is 28.8. The molecular formula is C57H110NO8P. The van der Waals surface area contributed by atoms with Crippen LogP contribution in [0.1, 0.15) is 296 Å². The zero-order valence-corrected chi connectivity index (χ0v) is 45.1. The molecule has 0 radical (unpaired) electrons. The highest BCUT2D eigenvalue weighted by atomic mass is 31.2. The first kappa shape index (κ1) is 65.5. The lowest BCUT2D eigenvalue weighted by Crippen LogP contribution is -2.29. The average Bonchev–Trinajstić information content (AvgIpc) is 3.32. The lowest BCUT2D eigenvalue weighted by atomic mass is 10.0. The van der Waals surface area contributed by atoms with Gasteiger partial charge in [-0.3, -0.25) is 18.6 Å². The molecule has 0 aliphatic carbocycles. The van der Waals surface area contributed by atoms with E-state index in [1.807, 2.05) is 0 Å². The molecule has 0 aliphatic rings. The van der Waals surface area contributed by atoms with Crippen LogP contribution in [0.25, 0.3) is 0 Å². The molecule has 0 saturated heterocycles. The summed E-state index contributed by atoms with van der Waals surface area (Å²) in [4.78, 5) is 35.2. The Morgan fingerprint density at radius 3 is 1.06 bits per heavy atom. The number of allylic oxidation sites excluding steroid dienone is 4. The normalized spacial score (nSPS) is 13.2. The quantitative estimate of drug-likeness (QED) is 0.0264. The summed E-state index contributed by atoms with van der Waals surface area (Å²) < 4.78 is 33.0. The predicted octanol–water partition coefficient (Wildman–Crippen LogP) is 17.9. The van der Waals surface area contributed by atoms with Crippen molar-refractivity contribution in [2.24, 2.45) is 5.73 Å². The van der Waals surface area contributed by atoms with E-state index in [1.54, 1.807) is 0 Å². The van der Waals surface area contributed by atoms with Crippen LogP contribution in [0.3, 0.4) is 0 Å². The van der Waals surface area contributed by atoms with Crippen LogP contribution in [0, 0.1) is 0 Å². The summed E-state index contributed by atoms with van der Waals surface area (Å²) in [5.41, 5.74) is 5.38. The third-order valence-corrected chi connectivity index (χ3v) is 13.8. The SMILES string of the molecule is CCCCCCCC/C=C\CCCCCCCCCCCC(=O)OCC(COP(=O)(O)OCCN)OC(=O)CCCCCCCCCCCCCCCCC/C=C\CCCCCCCCCC. The maximum Gasteiger partial charge on any atom is 0.472 e. The van der Waals surface area contributed by atoms with Crippen molar-refractivity contribution in [3.8, 4) is 0 Å². The summed E-state index contributed by atoms with van der Waals surface area (Å²) in [6.07, 6.45) is 62.3.